The van der Waals surface area contributed by atoms with Gasteiger partial charge in [-0.05, 0) is 48.5 Å². The van der Waals surface area contributed by atoms with Crippen molar-refractivity contribution < 1.29 is 9.59 Å². The zero-order chi connectivity index (χ0) is 17.2. The van der Waals surface area contributed by atoms with Crippen LogP contribution in [0, 0.1) is 0 Å². The molecule has 3 N–H and O–H groups in total. The molecule has 4 rings (SSSR count). The highest BCUT2D eigenvalue weighted by Gasteiger charge is 2.25. The highest BCUT2D eigenvalue weighted by atomic mass is 16.2. The number of hydrogen-bond acceptors (Lipinski definition) is 2. The van der Waals surface area contributed by atoms with E-state index in [-0.39, 0.29) is 11.8 Å². The highest BCUT2D eigenvalue weighted by molar-refractivity contribution is 6.35. The Balaban J connectivity index is 1.66. The first-order valence-electron chi connectivity index (χ1n) is 7.88. The van der Waals surface area contributed by atoms with Gasteiger partial charge in [0.2, 0.25) is 0 Å². The lowest BCUT2D eigenvalue weighted by molar-refractivity contribution is -0.110. The van der Waals surface area contributed by atoms with Crippen molar-refractivity contribution >= 4 is 34.8 Å². The highest BCUT2D eigenvalue weighted by Crippen LogP contribution is 2.33. The van der Waals surface area contributed by atoms with Crippen LogP contribution in [0.25, 0.3) is 11.6 Å². The lowest BCUT2D eigenvalue weighted by Crippen LogP contribution is -2.11. The first-order chi connectivity index (χ1) is 12.2. The summed E-state index contributed by atoms with van der Waals surface area (Å²) >= 11 is 0. The molecule has 0 saturated carbocycles. The van der Waals surface area contributed by atoms with Crippen molar-refractivity contribution in [1.29, 1.82) is 0 Å². The number of benzene rings is 2. The number of anilines is 2. The molecule has 0 radical (unpaired) electrons. The molecule has 2 amide bonds. The van der Waals surface area contributed by atoms with Crippen LogP contribution in [0.1, 0.15) is 21.6 Å². The first kappa shape index (κ1) is 15.0. The van der Waals surface area contributed by atoms with E-state index in [2.05, 4.69) is 15.6 Å². The van der Waals surface area contributed by atoms with Gasteiger partial charge in [0.1, 0.15) is 0 Å². The molecule has 0 saturated heterocycles. The second-order valence-electron chi connectivity index (χ2n) is 5.72. The van der Waals surface area contributed by atoms with Crippen LogP contribution in [0.3, 0.4) is 0 Å². The van der Waals surface area contributed by atoms with E-state index in [9.17, 15) is 9.59 Å². The molecule has 5 heteroatoms. The summed E-state index contributed by atoms with van der Waals surface area (Å²) in [5.41, 5.74) is 4.02. The molecule has 122 valence electrons. The standard InChI is InChI=1S/C20H15N3O2/c24-19(22-14-5-2-1-3-6-14)13-8-9-18-16(11-13)17(20(25)23-18)12-15-7-4-10-21-15/h1-12,21H,(H,22,24)(H,23,25)/b17-12-. The second kappa shape index (κ2) is 6.13. The molecule has 3 aromatic rings. The maximum Gasteiger partial charge on any atom is 0.256 e. The van der Waals surface area contributed by atoms with Gasteiger partial charge in [-0.1, -0.05) is 18.2 Å². The summed E-state index contributed by atoms with van der Waals surface area (Å²) in [5, 5.41) is 5.67. The molecular weight excluding hydrogens is 314 g/mol. The van der Waals surface area contributed by atoms with Gasteiger partial charge < -0.3 is 15.6 Å². The quantitative estimate of drug-likeness (QED) is 0.640. The first-order valence-corrected chi connectivity index (χ1v) is 7.88. The van der Waals surface area contributed by atoms with E-state index in [1.807, 2.05) is 42.5 Å². The van der Waals surface area contributed by atoms with Gasteiger partial charge >= 0.3 is 0 Å². The number of amides is 2. The largest absolute Gasteiger partial charge is 0.362 e. The van der Waals surface area contributed by atoms with Crippen molar-refractivity contribution in [1.82, 2.24) is 4.98 Å². The van der Waals surface area contributed by atoms with E-state index in [1.54, 1.807) is 30.5 Å². The fourth-order valence-electron chi connectivity index (χ4n) is 2.79. The number of H-pyrrole nitrogens is 1. The Bertz CT molecular complexity index is 973. The number of carbonyl (C=O) groups is 2. The van der Waals surface area contributed by atoms with Crippen LogP contribution in [-0.4, -0.2) is 16.8 Å². The van der Waals surface area contributed by atoms with Gasteiger partial charge in [-0.3, -0.25) is 9.59 Å². The number of aromatic amines is 1. The molecule has 5 nitrogen and oxygen atoms in total. The normalized spacial score (nSPS) is 14.2. The van der Waals surface area contributed by atoms with Crippen LogP contribution in [-0.2, 0) is 4.79 Å². The minimum atomic E-state index is -0.215. The number of carbonyl (C=O) groups excluding carboxylic acids is 2. The molecule has 0 atom stereocenters. The molecule has 0 spiro atoms. The Kier molecular flexibility index (Phi) is 3.67. The summed E-state index contributed by atoms with van der Waals surface area (Å²) in [4.78, 5) is 27.8. The van der Waals surface area contributed by atoms with Gasteiger partial charge in [0, 0.05) is 34.4 Å². The Morgan fingerprint density at radius 1 is 1.00 bits per heavy atom. The molecule has 0 unspecified atom stereocenters. The zero-order valence-electron chi connectivity index (χ0n) is 13.2. The second-order valence-corrected chi connectivity index (χ2v) is 5.72. The van der Waals surface area contributed by atoms with E-state index >= 15 is 0 Å². The van der Waals surface area contributed by atoms with Gasteiger partial charge in [0.25, 0.3) is 11.8 Å². The van der Waals surface area contributed by atoms with E-state index in [1.165, 1.54) is 0 Å². The summed E-state index contributed by atoms with van der Waals surface area (Å²) in [7, 11) is 0. The third-order valence-corrected chi connectivity index (χ3v) is 4.02. The van der Waals surface area contributed by atoms with Gasteiger partial charge in [0.05, 0.1) is 5.57 Å². The predicted molar refractivity (Wildman–Crippen MR) is 98.1 cm³/mol. The number of fused-ring (bicyclic) bond motifs is 1. The van der Waals surface area contributed by atoms with Crippen molar-refractivity contribution in [3.05, 3.63) is 83.7 Å². The molecule has 0 aliphatic carbocycles. The maximum atomic E-state index is 12.5. The summed E-state index contributed by atoms with van der Waals surface area (Å²) in [6, 6.07) is 18.2. The Morgan fingerprint density at radius 2 is 1.84 bits per heavy atom. The number of nitrogens with one attached hydrogen (secondary N) is 3. The Hall–Kier alpha value is -3.60. The number of rotatable bonds is 3. The van der Waals surface area contributed by atoms with Crippen molar-refractivity contribution in [2.75, 3.05) is 10.6 Å². The van der Waals surface area contributed by atoms with E-state index in [0.29, 0.717) is 16.8 Å². The Morgan fingerprint density at radius 3 is 2.60 bits per heavy atom. The summed E-state index contributed by atoms with van der Waals surface area (Å²) in [5.74, 6) is -0.391. The van der Waals surface area contributed by atoms with Crippen LogP contribution in [0.2, 0.25) is 0 Å². The molecule has 1 aromatic heterocycles. The third kappa shape index (κ3) is 2.95. The van der Waals surface area contributed by atoms with Crippen molar-refractivity contribution in [2.45, 2.75) is 0 Å². The van der Waals surface area contributed by atoms with Gasteiger partial charge in [0.15, 0.2) is 0 Å². The molecule has 1 aliphatic rings. The maximum absolute atomic E-state index is 12.5. The number of aromatic nitrogens is 1. The SMILES string of the molecule is O=C1Nc2ccc(C(=O)Nc3ccccc3)cc2/C1=C/c1ccc[nH]1. The fraction of sp³-hybridized carbons (Fsp3) is 0. The number of hydrogen-bond donors (Lipinski definition) is 3. The van der Waals surface area contributed by atoms with Gasteiger partial charge in [-0.25, -0.2) is 0 Å². The minimum Gasteiger partial charge on any atom is -0.362 e. The molecule has 0 fully saturated rings. The average Bonchev–Trinajstić information content (AvgIpc) is 3.24. The average molecular weight is 329 g/mol. The predicted octanol–water partition coefficient (Wildman–Crippen LogP) is 3.76. The third-order valence-electron chi connectivity index (χ3n) is 4.02. The van der Waals surface area contributed by atoms with E-state index in [4.69, 9.17) is 0 Å². The monoisotopic (exact) mass is 329 g/mol. The van der Waals surface area contributed by atoms with E-state index in [0.717, 1.165) is 16.9 Å². The minimum absolute atomic E-state index is 0.176. The van der Waals surface area contributed by atoms with Crippen molar-refractivity contribution in [3.8, 4) is 0 Å². The molecular formula is C20H15N3O2. The number of para-hydroxylation sites is 1. The van der Waals surface area contributed by atoms with Crippen molar-refractivity contribution in [3.63, 3.8) is 0 Å². The smallest absolute Gasteiger partial charge is 0.256 e. The molecule has 1 aliphatic heterocycles. The van der Waals surface area contributed by atoms with Crippen LogP contribution in [0.5, 0.6) is 0 Å². The summed E-state index contributed by atoms with van der Waals surface area (Å²) in [6.45, 7) is 0. The van der Waals surface area contributed by atoms with Crippen LogP contribution < -0.4 is 10.6 Å². The van der Waals surface area contributed by atoms with Crippen LogP contribution in [0.4, 0.5) is 11.4 Å². The summed E-state index contributed by atoms with van der Waals surface area (Å²) < 4.78 is 0. The lowest BCUT2D eigenvalue weighted by Gasteiger charge is -2.07. The molecule has 2 heterocycles. The Labute approximate surface area is 144 Å². The molecule has 2 aromatic carbocycles. The van der Waals surface area contributed by atoms with E-state index < -0.39 is 0 Å². The van der Waals surface area contributed by atoms with Crippen LogP contribution >= 0.6 is 0 Å². The molecule has 25 heavy (non-hydrogen) atoms. The topological polar surface area (TPSA) is 74.0 Å². The van der Waals surface area contributed by atoms with Gasteiger partial charge in [-0.15, -0.1) is 0 Å². The fourth-order valence-corrected chi connectivity index (χ4v) is 2.79. The zero-order valence-corrected chi connectivity index (χ0v) is 13.2. The van der Waals surface area contributed by atoms with Crippen LogP contribution in [0.15, 0.2) is 66.9 Å². The lowest BCUT2D eigenvalue weighted by atomic mass is 10.0. The van der Waals surface area contributed by atoms with Gasteiger partial charge in [-0.2, -0.15) is 0 Å². The molecule has 0 bridgehead atoms. The van der Waals surface area contributed by atoms with Crippen molar-refractivity contribution in [2.24, 2.45) is 0 Å². The summed E-state index contributed by atoms with van der Waals surface area (Å²) in [6.07, 6.45) is 3.57.